The van der Waals surface area contributed by atoms with Crippen LogP contribution in [0, 0.1) is 0 Å². The van der Waals surface area contributed by atoms with Crippen LogP contribution >= 0.6 is 0 Å². The van der Waals surface area contributed by atoms with E-state index in [1.54, 1.807) is 19.2 Å². The first-order chi connectivity index (χ1) is 10.3. The number of pyridine rings is 1. The Bertz CT molecular complexity index is 712. The Kier molecular flexibility index (Phi) is 5.70. The smallest absolute Gasteiger partial charge is 0.328 e. The number of anilines is 2. The van der Waals surface area contributed by atoms with Crippen LogP contribution in [0.5, 0.6) is 5.75 Å². The predicted molar refractivity (Wildman–Crippen MR) is 81.5 cm³/mol. The van der Waals surface area contributed by atoms with Crippen molar-refractivity contribution >= 4 is 34.3 Å². The van der Waals surface area contributed by atoms with E-state index in [1.165, 1.54) is 0 Å². The van der Waals surface area contributed by atoms with Crippen LogP contribution in [0.15, 0.2) is 36.4 Å². The predicted octanol–water partition coefficient (Wildman–Crippen LogP) is 1.12. The molecular formula is C14H15N3O5. The topological polar surface area (TPSA) is 149 Å². The van der Waals surface area contributed by atoms with Crippen molar-refractivity contribution in [3.63, 3.8) is 0 Å². The fraction of sp³-hybridized carbons (Fsp3) is 0.0714. The second kappa shape index (κ2) is 7.48. The zero-order valence-electron chi connectivity index (χ0n) is 11.7. The highest BCUT2D eigenvalue weighted by Crippen LogP contribution is 2.26. The molecule has 116 valence electrons. The molecule has 0 aliphatic heterocycles. The minimum atomic E-state index is -1.26. The third-order valence-corrected chi connectivity index (χ3v) is 2.42. The van der Waals surface area contributed by atoms with Crippen LogP contribution in [-0.2, 0) is 9.59 Å². The number of hydrogen-bond acceptors (Lipinski definition) is 6. The number of nitrogens with zero attached hydrogens (tertiary/aromatic N) is 1. The van der Waals surface area contributed by atoms with Gasteiger partial charge in [0.25, 0.3) is 0 Å². The van der Waals surface area contributed by atoms with Gasteiger partial charge in [-0.1, -0.05) is 0 Å². The maximum absolute atomic E-state index is 9.55. The molecule has 0 bridgehead atoms. The Morgan fingerprint density at radius 2 is 1.73 bits per heavy atom. The van der Waals surface area contributed by atoms with Gasteiger partial charge in [0.1, 0.15) is 11.6 Å². The van der Waals surface area contributed by atoms with Crippen LogP contribution < -0.4 is 16.2 Å². The van der Waals surface area contributed by atoms with Gasteiger partial charge in [0.2, 0.25) is 0 Å². The second-order valence-corrected chi connectivity index (χ2v) is 4.03. The van der Waals surface area contributed by atoms with E-state index in [-0.39, 0.29) is 0 Å². The lowest BCUT2D eigenvalue weighted by atomic mass is 10.2. The number of hydrogen-bond donors (Lipinski definition) is 4. The number of carboxylic acid groups (broad SMARTS) is 2. The number of rotatable bonds is 3. The monoisotopic (exact) mass is 305 g/mol. The van der Waals surface area contributed by atoms with E-state index in [9.17, 15) is 9.59 Å². The molecule has 0 fully saturated rings. The van der Waals surface area contributed by atoms with Gasteiger partial charge in [0.05, 0.1) is 18.3 Å². The van der Waals surface area contributed by atoms with E-state index in [1.807, 2.05) is 12.1 Å². The molecular weight excluding hydrogens is 290 g/mol. The molecule has 1 aromatic heterocycles. The summed E-state index contributed by atoms with van der Waals surface area (Å²) in [4.78, 5) is 23.3. The number of nitrogens with two attached hydrogens (primary N) is 2. The Hall–Kier alpha value is -3.29. The van der Waals surface area contributed by atoms with Crippen LogP contribution in [0.1, 0.15) is 0 Å². The van der Waals surface area contributed by atoms with E-state index < -0.39 is 11.9 Å². The number of aliphatic carboxylic acids is 2. The van der Waals surface area contributed by atoms with Crippen LogP contribution in [0.4, 0.5) is 11.5 Å². The van der Waals surface area contributed by atoms with Gasteiger partial charge >= 0.3 is 11.9 Å². The molecule has 0 amide bonds. The number of ether oxygens (including phenoxy) is 1. The van der Waals surface area contributed by atoms with Crippen LogP contribution in [0.3, 0.4) is 0 Å². The molecule has 8 nitrogen and oxygen atoms in total. The van der Waals surface area contributed by atoms with Gasteiger partial charge in [0, 0.05) is 23.6 Å². The molecule has 2 rings (SSSR count). The van der Waals surface area contributed by atoms with Gasteiger partial charge in [-0.05, 0) is 18.2 Å². The van der Waals surface area contributed by atoms with Gasteiger partial charge in [-0.3, -0.25) is 0 Å². The Morgan fingerprint density at radius 3 is 2.23 bits per heavy atom. The molecule has 0 radical (unpaired) electrons. The molecule has 0 aliphatic carbocycles. The lowest BCUT2D eigenvalue weighted by Crippen LogP contribution is -1.95. The molecule has 0 spiro atoms. The maximum atomic E-state index is 9.55. The lowest BCUT2D eigenvalue weighted by Gasteiger charge is -2.05. The highest BCUT2D eigenvalue weighted by molar-refractivity contribution is 5.91. The highest BCUT2D eigenvalue weighted by Gasteiger charge is 2.03. The van der Waals surface area contributed by atoms with E-state index in [0.29, 0.717) is 29.2 Å². The second-order valence-electron chi connectivity index (χ2n) is 4.03. The van der Waals surface area contributed by atoms with Crippen molar-refractivity contribution in [2.24, 2.45) is 0 Å². The van der Waals surface area contributed by atoms with E-state index in [0.717, 1.165) is 11.1 Å². The van der Waals surface area contributed by atoms with Crippen molar-refractivity contribution in [1.82, 2.24) is 4.98 Å². The van der Waals surface area contributed by atoms with Gasteiger partial charge in [-0.25, -0.2) is 14.6 Å². The number of fused-ring (bicyclic) bond motifs is 1. The largest absolute Gasteiger partial charge is 0.497 e. The average Bonchev–Trinajstić information content (AvgIpc) is 2.46. The molecule has 6 N–H and O–H groups in total. The third kappa shape index (κ3) is 5.00. The molecule has 22 heavy (non-hydrogen) atoms. The zero-order valence-corrected chi connectivity index (χ0v) is 11.7. The summed E-state index contributed by atoms with van der Waals surface area (Å²) in [5.74, 6) is -1.32. The summed E-state index contributed by atoms with van der Waals surface area (Å²) in [6.07, 6.45) is 1.12. The SMILES string of the molecule is COc1cc(N)c2nc(N)ccc2c1.O=C(O)C=CC(=O)O. The summed E-state index contributed by atoms with van der Waals surface area (Å²) in [5, 5.41) is 16.6. The Morgan fingerprint density at radius 1 is 1.14 bits per heavy atom. The molecule has 1 aromatic carbocycles. The van der Waals surface area contributed by atoms with Crippen molar-refractivity contribution in [2.75, 3.05) is 18.6 Å². The average molecular weight is 305 g/mol. The van der Waals surface area contributed by atoms with Gasteiger partial charge in [-0.2, -0.15) is 0 Å². The van der Waals surface area contributed by atoms with Crippen molar-refractivity contribution in [2.45, 2.75) is 0 Å². The van der Waals surface area contributed by atoms with Crippen molar-refractivity contribution < 1.29 is 24.5 Å². The minimum absolute atomic E-state index is 0.467. The van der Waals surface area contributed by atoms with E-state index in [4.69, 9.17) is 26.4 Å². The molecule has 8 heteroatoms. The number of carbonyl (C=O) groups is 2. The summed E-state index contributed by atoms with van der Waals surface area (Å²) in [5.41, 5.74) is 12.7. The zero-order chi connectivity index (χ0) is 16.7. The summed E-state index contributed by atoms with van der Waals surface area (Å²) in [7, 11) is 1.60. The van der Waals surface area contributed by atoms with Crippen molar-refractivity contribution in [1.29, 1.82) is 0 Å². The fourth-order valence-electron chi connectivity index (χ4n) is 1.51. The number of aromatic nitrogens is 1. The fourth-order valence-corrected chi connectivity index (χ4v) is 1.51. The number of methoxy groups -OCH3 is 1. The first-order valence-corrected chi connectivity index (χ1v) is 5.97. The van der Waals surface area contributed by atoms with Crippen LogP contribution in [0.2, 0.25) is 0 Å². The quantitative estimate of drug-likeness (QED) is 0.487. The van der Waals surface area contributed by atoms with E-state index >= 15 is 0 Å². The summed E-state index contributed by atoms with van der Waals surface area (Å²) in [6.45, 7) is 0. The lowest BCUT2D eigenvalue weighted by molar-refractivity contribution is -0.134. The number of nitrogen functional groups attached to an aromatic ring is 2. The standard InChI is InChI=1S/C10H11N3O.C4H4O4/c1-14-7-4-6-2-3-9(12)13-10(6)8(11)5-7;5-3(6)1-2-4(7)8/h2-5H,11H2,1H3,(H2,12,13);1-2H,(H,5,6)(H,7,8). The van der Waals surface area contributed by atoms with Crippen molar-refractivity contribution in [3.05, 3.63) is 36.4 Å². The molecule has 1 heterocycles. The Balaban J connectivity index is 0.000000261. The summed E-state index contributed by atoms with van der Waals surface area (Å²) < 4.78 is 5.09. The molecule has 0 saturated carbocycles. The molecule has 0 saturated heterocycles. The van der Waals surface area contributed by atoms with E-state index in [2.05, 4.69) is 4.98 Å². The third-order valence-electron chi connectivity index (χ3n) is 2.42. The molecule has 2 aromatic rings. The Labute approximate surface area is 125 Å². The maximum Gasteiger partial charge on any atom is 0.328 e. The van der Waals surface area contributed by atoms with Crippen LogP contribution in [-0.4, -0.2) is 34.2 Å². The van der Waals surface area contributed by atoms with Gasteiger partial charge in [-0.15, -0.1) is 0 Å². The first-order valence-electron chi connectivity index (χ1n) is 5.97. The summed E-state index contributed by atoms with van der Waals surface area (Å²) in [6, 6.07) is 7.21. The first kappa shape index (κ1) is 16.8. The van der Waals surface area contributed by atoms with Gasteiger partial charge < -0.3 is 26.4 Å². The summed E-state index contributed by atoms with van der Waals surface area (Å²) >= 11 is 0. The molecule has 0 unspecified atom stereocenters. The van der Waals surface area contributed by atoms with Gasteiger partial charge in [0.15, 0.2) is 0 Å². The number of benzene rings is 1. The van der Waals surface area contributed by atoms with Crippen molar-refractivity contribution in [3.8, 4) is 5.75 Å². The van der Waals surface area contributed by atoms with Crippen LogP contribution in [0.25, 0.3) is 10.9 Å². The number of carboxylic acids is 2. The minimum Gasteiger partial charge on any atom is -0.497 e. The highest BCUT2D eigenvalue weighted by atomic mass is 16.5. The molecule has 0 aliphatic rings. The molecule has 0 atom stereocenters. The normalized spacial score (nSPS) is 10.0.